The van der Waals surface area contributed by atoms with Gasteiger partial charge in [0.1, 0.15) is 23.7 Å². The molecule has 4 N–H and O–H groups in total. The molecule has 8 rings (SSSR count). The predicted octanol–water partition coefficient (Wildman–Crippen LogP) is 8.84. The average molecular weight is 840 g/mol. The van der Waals surface area contributed by atoms with E-state index in [2.05, 4.69) is 81.3 Å². The first-order valence-electron chi connectivity index (χ1n) is 21.0. The number of ether oxygens (including phenoxy) is 2. The number of benzene rings is 4. The van der Waals surface area contributed by atoms with E-state index in [1.807, 2.05) is 37.1 Å². The maximum Gasteiger partial charge on any atom is 0.407 e. The fourth-order valence-electron chi connectivity index (χ4n) is 8.69. The monoisotopic (exact) mass is 839 g/mol. The molecule has 320 valence electrons. The van der Waals surface area contributed by atoms with Crippen LogP contribution < -0.4 is 10.6 Å². The fourth-order valence-corrected chi connectivity index (χ4v) is 8.69. The van der Waals surface area contributed by atoms with Crippen molar-refractivity contribution < 1.29 is 33.0 Å². The number of nitrogens with zero attached hydrogens (tertiary/aromatic N) is 3. The van der Waals surface area contributed by atoms with Gasteiger partial charge >= 0.3 is 12.2 Å². The molecule has 13 nitrogen and oxygen atoms in total. The highest BCUT2D eigenvalue weighted by Gasteiger charge is 2.38. The van der Waals surface area contributed by atoms with Crippen LogP contribution in [0.25, 0.3) is 44.4 Å². The van der Waals surface area contributed by atoms with Gasteiger partial charge in [0.05, 0.1) is 38.2 Å². The number of rotatable bonds is 11. The maximum atomic E-state index is 13.9. The summed E-state index contributed by atoms with van der Waals surface area (Å²) in [5.74, 6) is -0.262. The number of carbonyl (C=O) groups excluding carboxylic acids is 4. The minimum absolute atomic E-state index is 0.113. The lowest BCUT2D eigenvalue weighted by Gasteiger charge is -2.30. The standard InChI is InChI=1S/C48H50FN7O6/c1-28(2)42(53-47(59)61-3)45(57)56-24-6-8-41(56)44-50-27-39(52-44)35-16-15-33-25-32(13-14-34(33)26-35)29-9-11-30(12-10-29)37-21-22-38(51-37)40-7-5-23-55(40)46(58)43(54-48(60)62-4)31-17-19-36(49)20-18-31/h9-22,25-28,40-43,51H,5-8,23-24H2,1-4H3,(H,50,52)(H,53,59)(H,54,60)/t40-,41-,42-,43-/m0/s1. The number of fused-ring (bicyclic) bond motifs is 1. The molecule has 2 aliphatic heterocycles. The zero-order valence-corrected chi connectivity index (χ0v) is 35.1. The maximum absolute atomic E-state index is 13.9. The quantitative estimate of drug-likeness (QED) is 0.101. The molecule has 0 unspecified atom stereocenters. The Morgan fingerprint density at radius 1 is 0.677 bits per heavy atom. The molecule has 4 atom stereocenters. The second-order valence-electron chi connectivity index (χ2n) is 16.2. The number of aromatic amines is 2. The largest absolute Gasteiger partial charge is 0.453 e. The normalized spacial score (nSPS) is 17.3. The zero-order valence-electron chi connectivity index (χ0n) is 35.1. The summed E-state index contributed by atoms with van der Waals surface area (Å²) in [6.45, 7) is 4.91. The summed E-state index contributed by atoms with van der Waals surface area (Å²) in [6.07, 6.45) is 3.61. The second kappa shape index (κ2) is 17.9. The number of hydrogen-bond donors (Lipinski definition) is 4. The van der Waals surface area contributed by atoms with Crippen LogP contribution in [0.15, 0.2) is 103 Å². The molecule has 0 radical (unpaired) electrons. The van der Waals surface area contributed by atoms with Crippen molar-refractivity contribution in [3.05, 3.63) is 126 Å². The van der Waals surface area contributed by atoms with Crippen LogP contribution in [0.5, 0.6) is 0 Å². The first-order valence-corrected chi connectivity index (χ1v) is 21.0. The molecule has 0 bridgehead atoms. The molecule has 0 aliphatic carbocycles. The highest BCUT2D eigenvalue weighted by atomic mass is 19.1. The number of hydrogen-bond acceptors (Lipinski definition) is 7. The van der Waals surface area contributed by atoms with E-state index in [-0.39, 0.29) is 29.8 Å². The Balaban J connectivity index is 0.942. The van der Waals surface area contributed by atoms with Gasteiger partial charge in [-0.05, 0) is 101 Å². The molecule has 2 saturated heterocycles. The van der Waals surface area contributed by atoms with Gasteiger partial charge < -0.3 is 39.9 Å². The van der Waals surface area contributed by atoms with E-state index in [4.69, 9.17) is 14.5 Å². The van der Waals surface area contributed by atoms with Crippen molar-refractivity contribution in [3.63, 3.8) is 0 Å². The third-order valence-electron chi connectivity index (χ3n) is 12.0. The summed E-state index contributed by atoms with van der Waals surface area (Å²) in [4.78, 5) is 67.1. The molecule has 4 amide bonds. The van der Waals surface area contributed by atoms with E-state index in [0.29, 0.717) is 18.7 Å². The molecule has 2 aliphatic rings. The Bertz CT molecular complexity index is 2590. The van der Waals surface area contributed by atoms with Gasteiger partial charge in [-0.15, -0.1) is 0 Å². The van der Waals surface area contributed by atoms with Gasteiger partial charge in [0, 0.05) is 30.0 Å². The van der Waals surface area contributed by atoms with Gasteiger partial charge in [-0.3, -0.25) is 9.59 Å². The summed E-state index contributed by atoms with van der Waals surface area (Å²) in [7, 11) is 2.52. The third kappa shape index (κ3) is 8.63. The van der Waals surface area contributed by atoms with Crippen LogP contribution >= 0.6 is 0 Å². The van der Waals surface area contributed by atoms with Gasteiger partial charge in [-0.2, -0.15) is 0 Å². The van der Waals surface area contributed by atoms with Crippen LogP contribution in [0.3, 0.4) is 0 Å². The molecule has 2 aromatic heterocycles. The predicted molar refractivity (Wildman–Crippen MR) is 233 cm³/mol. The molecule has 0 spiro atoms. The van der Waals surface area contributed by atoms with Gasteiger partial charge in [-0.1, -0.05) is 74.5 Å². The van der Waals surface area contributed by atoms with Crippen LogP contribution in [0.2, 0.25) is 0 Å². The van der Waals surface area contributed by atoms with Crippen molar-refractivity contribution in [3.8, 4) is 33.6 Å². The number of likely N-dealkylation sites (tertiary alicyclic amines) is 2. The highest BCUT2D eigenvalue weighted by Crippen LogP contribution is 2.37. The minimum Gasteiger partial charge on any atom is -0.453 e. The van der Waals surface area contributed by atoms with Crippen molar-refractivity contribution >= 4 is 34.8 Å². The van der Waals surface area contributed by atoms with Crippen molar-refractivity contribution in [2.75, 3.05) is 27.3 Å². The summed E-state index contributed by atoms with van der Waals surface area (Å²) in [5, 5.41) is 7.50. The Kier molecular flexibility index (Phi) is 12.1. The van der Waals surface area contributed by atoms with E-state index < -0.39 is 30.1 Å². The molecule has 62 heavy (non-hydrogen) atoms. The molecule has 2 fully saturated rings. The number of alkyl carbamates (subject to hydrolysis) is 2. The number of imidazole rings is 1. The van der Waals surface area contributed by atoms with Crippen molar-refractivity contribution in [2.24, 2.45) is 5.92 Å². The van der Waals surface area contributed by atoms with E-state index in [0.717, 1.165) is 81.6 Å². The number of carbonyl (C=O) groups is 4. The number of nitrogens with one attached hydrogen (secondary N) is 4. The summed E-state index contributed by atoms with van der Waals surface area (Å²) >= 11 is 0. The summed E-state index contributed by atoms with van der Waals surface area (Å²) < 4.78 is 23.3. The number of H-pyrrole nitrogens is 2. The Hall–Kier alpha value is -6.96. The lowest BCUT2D eigenvalue weighted by atomic mass is 9.98. The van der Waals surface area contributed by atoms with Crippen molar-refractivity contribution in [1.82, 2.24) is 35.4 Å². The van der Waals surface area contributed by atoms with Crippen LogP contribution in [-0.2, 0) is 19.1 Å². The number of aromatic nitrogens is 3. The van der Waals surface area contributed by atoms with E-state index in [1.54, 1.807) is 4.90 Å². The lowest BCUT2D eigenvalue weighted by molar-refractivity contribution is -0.135. The summed E-state index contributed by atoms with van der Waals surface area (Å²) in [5.41, 5.74) is 7.28. The Labute approximate surface area is 359 Å². The number of amides is 4. The van der Waals surface area contributed by atoms with Crippen molar-refractivity contribution in [2.45, 2.75) is 63.7 Å². The topological polar surface area (TPSA) is 162 Å². The molecule has 4 aromatic carbocycles. The second-order valence-corrected chi connectivity index (χ2v) is 16.2. The van der Waals surface area contributed by atoms with E-state index in [1.165, 1.54) is 38.5 Å². The van der Waals surface area contributed by atoms with Crippen LogP contribution in [0, 0.1) is 11.7 Å². The first kappa shape index (κ1) is 41.8. The van der Waals surface area contributed by atoms with Gasteiger partial charge in [-0.25, -0.2) is 19.0 Å². The van der Waals surface area contributed by atoms with E-state index >= 15 is 0 Å². The first-order chi connectivity index (χ1) is 30.0. The van der Waals surface area contributed by atoms with Crippen LogP contribution in [0.1, 0.15) is 74.7 Å². The average Bonchev–Trinajstić information content (AvgIpc) is 4.14. The lowest BCUT2D eigenvalue weighted by Crippen LogP contribution is -2.51. The number of halogens is 1. The molecular weight excluding hydrogens is 790 g/mol. The summed E-state index contributed by atoms with van der Waals surface area (Å²) in [6, 6.07) is 28.4. The van der Waals surface area contributed by atoms with Crippen LogP contribution in [-0.4, -0.2) is 82.1 Å². The molecule has 6 aromatic rings. The van der Waals surface area contributed by atoms with Gasteiger partial charge in [0.25, 0.3) is 0 Å². The van der Waals surface area contributed by atoms with Crippen LogP contribution in [0.4, 0.5) is 14.0 Å². The number of methoxy groups -OCH3 is 2. The smallest absolute Gasteiger partial charge is 0.407 e. The molecule has 14 heteroatoms. The molecule has 4 heterocycles. The molecular formula is C48H50FN7O6. The Morgan fingerprint density at radius 3 is 1.95 bits per heavy atom. The highest BCUT2D eigenvalue weighted by molar-refractivity contribution is 5.91. The third-order valence-corrected chi connectivity index (χ3v) is 12.0. The van der Waals surface area contributed by atoms with E-state index in [9.17, 15) is 23.6 Å². The van der Waals surface area contributed by atoms with Gasteiger partial charge in [0.15, 0.2) is 0 Å². The van der Waals surface area contributed by atoms with Crippen molar-refractivity contribution in [1.29, 1.82) is 0 Å². The van der Waals surface area contributed by atoms with Gasteiger partial charge in [0.2, 0.25) is 11.8 Å². The Morgan fingerprint density at radius 2 is 1.27 bits per heavy atom. The zero-order chi connectivity index (χ0) is 43.5. The SMILES string of the molecule is COC(=O)N[C@H](C(=O)N1CCC[C@H]1c1ccc(-c2ccc(-c3ccc4cc(-c5cnc([C@@H]6CCCN6C(=O)[C@@H](NC(=O)OC)C(C)C)[nH]5)ccc4c3)cc2)[nH]1)c1ccc(F)cc1. The fraction of sp³-hybridized carbons (Fsp3) is 0.312. The minimum atomic E-state index is -1.02. The molecule has 0 saturated carbocycles.